The number of amides is 1. The molecule has 0 saturated heterocycles. The first kappa shape index (κ1) is 22.7. The van der Waals surface area contributed by atoms with Crippen molar-refractivity contribution in [3.8, 4) is 11.5 Å². The molecule has 3 aromatic rings. The number of benzene rings is 3. The van der Waals surface area contributed by atoms with Crippen LogP contribution in [0.2, 0.25) is 0 Å². The highest BCUT2D eigenvalue weighted by Gasteiger charge is 2.19. The number of hydrogen-bond donors (Lipinski definition) is 1. The van der Waals surface area contributed by atoms with Crippen LogP contribution >= 0.6 is 0 Å². The molecule has 0 bridgehead atoms. The molecule has 33 heavy (non-hydrogen) atoms. The highest BCUT2D eigenvalue weighted by molar-refractivity contribution is 5.94. The van der Waals surface area contributed by atoms with E-state index in [1.54, 1.807) is 0 Å². The molecule has 1 amide bonds. The molecule has 5 nitrogen and oxygen atoms in total. The predicted octanol–water partition coefficient (Wildman–Crippen LogP) is 5.54. The van der Waals surface area contributed by atoms with Gasteiger partial charge in [0.2, 0.25) is 0 Å². The van der Waals surface area contributed by atoms with Crippen molar-refractivity contribution in [3.05, 3.63) is 89.0 Å². The summed E-state index contributed by atoms with van der Waals surface area (Å²) in [5.41, 5.74) is 5.55. The number of carbonyl (C=O) groups excluding carboxylic acids is 1. The van der Waals surface area contributed by atoms with Gasteiger partial charge in [-0.15, -0.1) is 0 Å². The lowest BCUT2D eigenvalue weighted by atomic mass is 10.1. The van der Waals surface area contributed by atoms with Crippen molar-refractivity contribution in [2.45, 2.75) is 39.8 Å². The molecule has 1 heterocycles. The summed E-state index contributed by atoms with van der Waals surface area (Å²) in [6.45, 7) is 8.88. The Kier molecular flexibility index (Phi) is 7.18. The lowest BCUT2D eigenvalue weighted by molar-refractivity contribution is 0.0940. The number of anilines is 1. The van der Waals surface area contributed by atoms with Crippen LogP contribution in [-0.4, -0.2) is 25.7 Å². The highest BCUT2D eigenvalue weighted by atomic mass is 16.5. The number of para-hydroxylation sites is 1. The Hall–Kier alpha value is -3.47. The second-order valence-electron chi connectivity index (χ2n) is 8.26. The van der Waals surface area contributed by atoms with Gasteiger partial charge in [-0.3, -0.25) is 4.79 Å². The number of carbonyl (C=O) groups is 1. The van der Waals surface area contributed by atoms with Crippen molar-refractivity contribution in [2.75, 3.05) is 24.7 Å². The molecule has 0 saturated carbocycles. The van der Waals surface area contributed by atoms with Crippen LogP contribution in [0, 0.1) is 0 Å². The van der Waals surface area contributed by atoms with E-state index < -0.39 is 0 Å². The molecule has 1 aliphatic rings. The Bertz CT molecular complexity index is 1090. The fraction of sp³-hybridized carbons (Fsp3) is 0.321. The maximum Gasteiger partial charge on any atom is 0.251 e. The second-order valence-corrected chi connectivity index (χ2v) is 8.26. The Balaban J connectivity index is 1.39. The first-order chi connectivity index (χ1) is 16.1. The Morgan fingerprint density at radius 3 is 2.45 bits per heavy atom. The lowest BCUT2D eigenvalue weighted by Crippen LogP contribution is -2.26. The number of nitrogens with one attached hydrogen (secondary N) is 1. The van der Waals surface area contributed by atoms with Gasteiger partial charge >= 0.3 is 0 Å². The average molecular weight is 445 g/mol. The summed E-state index contributed by atoms with van der Waals surface area (Å²) in [6.07, 6.45) is 1.09. The average Bonchev–Trinajstić information content (AvgIpc) is 3.23. The molecule has 0 fully saturated rings. The van der Waals surface area contributed by atoms with E-state index in [0.717, 1.165) is 30.8 Å². The molecule has 0 unspecified atom stereocenters. The van der Waals surface area contributed by atoms with E-state index in [0.29, 0.717) is 24.5 Å². The Morgan fingerprint density at radius 2 is 1.70 bits per heavy atom. The molecular formula is C28H32N2O3. The molecule has 1 N–H and O–H groups in total. The standard InChI is InChI=1S/C28H32N2O3/c1-4-32-26-15-14-24(18-27(26)33-5-2)20(3)29-28(31)23-12-10-21(11-13-23)19-30-17-16-22-8-6-7-9-25(22)30/h6-15,18,20H,4-5,16-17,19H2,1-3H3,(H,29,31)/t20-/m1/s1. The van der Waals surface area contributed by atoms with Crippen LogP contribution in [0.15, 0.2) is 66.7 Å². The van der Waals surface area contributed by atoms with E-state index in [1.807, 2.05) is 63.2 Å². The largest absolute Gasteiger partial charge is 0.490 e. The van der Waals surface area contributed by atoms with Crippen LogP contribution in [0.25, 0.3) is 0 Å². The molecule has 5 heteroatoms. The van der Waals surface area contributed by atoms with Crippen LogP contribution in [0.3, 0.4) is 0 Å². The van der Waals surface area contributed by atoms with Crippen LogP contribution in [-0.2, 0) is 13.0 Å². The van der Waals surface area contributed by atoms with E-state index >= 15 is 0 Å². The van der Waals surface area contributed by atoms with Gasteiger partial charge < -0.3 is 19.7 Å². The molecule has 172 valence electrons. The van der Waals surface area contributed by atoms with Crippen molar-refractivity contribution >= 4 is 11.6 Å². The summed E-state index contributed by atoms with van der Waals surface area (Å²) in [6, 6.07) is 22.1. The van der Waals surface area contributed by atoms with Crippen LogP contribution in [0.5, 0.6) is 11.5 Å². The maximum absolute atomic E-state index is 12.9. The minimum absolute atomic E-state index is 0.0904. The third-order valence-electron chi connectivity index (χ3n) is 5.99. The van der Waals surface area contributed by atoms with Crippen LogP contribution in [0.1, 0.15) is 53.9 Å². The molecule has 0 aromatic heterocycles. The first-order valence-corrected chi connectivity index (χ1v) is 11.7. The number of ether oxygens (including phenoxy) is 2. The maximum atomic E-state index is 12.9. The number of rotatable bonds is 9. The third kappa shape index (κ3) is 5.30. The third-order valence-corrected chi connectivity index (χ3v) is 5.99. The zero-order chi connectivity index (χ0) is 23.2. The van der Waals surface area contributed by atoms with Gasteiger partial charge in [0.25, 0.3) is 5.91 Å². The number of nitrogens with zero attached hydrogens (tertiary/aromatic N) is 1. The summed E-state index contributed by atoms with van der Waals surface area (Å²) in [7, 11) is 0. The van der Waals surface area contributed by atoms with Crippen molar-refractivity contribution in [1.29, 1.82) is 0 Å². The molecule has 3 aromatic carbocycles. The highest BCUT2D eigenvalue weighted by Crippen LogP contribution is 2.31. The van der Waals surface area contributed by atoms with Gasteiger partial charge in [0.15, 0.2) is 11.5 Å². The van der Waals surface area contributed by atoms with E-state index in [9.17, 15) is 4.79 Å². The molecule has 4 rings (SSSR count). The van der Waals surface area contributed by atoms with E-state index in [-0.39, 0.29) is 11.9 Å². The molecule has 1 atom stereocenters. The van der Waals surface area contributed by atoms with Gasteiger partial charge in [0.05, 0.1) is 19.3 Å². The lowest BCUT2D eigenvalue weighted by Gasteiger charge is -2.20. The van der Waals surface area contributed by atoms with Crippen LogP contribution in [0.4, 0.5) is 5.69 Å². The fourth-order valence-corrected chi connectivity index (χ4v) is 4.25. The predicted molar refractivity (Wildman–Crippen MR) is 132 cm³/mol. The topological polar surface area (TPSA) is 50.8 Å². The number of fused-ring (bicyclic) bond motifs is 1. The Labute approximate surface area is 196 Å². The fourth-order valence-electron chi connectivity index (χ4n) is 4.25. The van der Waals surface area contributed by atoms with Gasteiger partial charge in [-0.2, -0.15) is 0 Å². The van der Waals surface area contributed by atoms with E-state index in [2.05, 4.69) is 34.5 Å². The molecule has 0 aliphatic carbocycles. The quantitative estimate of drug-likeness (QED) is 0.471. The minimum Gasteiger partial charge on any atom is -0.490 e. The second kappa shape index (κ2) is 10.4. The molecule has 0 spiro atoms. The summed E-state index contributed by atoms with van der Waals surface area (Å²) in [5.74, 6) is 1.33. The van der Waals surface area contributed by atoms with Crippen molar-refractivity contribution in [3.63, 3.8) is 0 Å². The van der Waals surface area contributed by atoms with E-state index in [1.165, 1.54) is 16.8 Å². The SMILES string of the molecule is CCOc1ccc([C@@H](C)NC(=O)c2ccc(CN3CCc4ccccc43)cc2)cc1OCC. The summed E-state index contributed by atoms with van der Waals surface area (Å²) < 4.78 is 11.4. The minimum atomic E-state index is -0.159. The normalized spacial score (nSPS) is 13.4. The summed E-state index contributed by atoms with van der Waals surface area (Å²) in [4.78, 5) is 15.2. The molecule has 1 aliphatic heterocycles. The first-order valence-electron chi connectivity index (χ1n) is 11.7. The molecular weight excluding hydrogens is 412 g/mol. The van der Waals surface area contributed by atoms with Gasteiger partial charge in [-0.25, -0.2) is 0 Å². The Morgan fingerprint density at radius 1 is 0.970 bits per heavy atom. The zero-order valence-corrected chi connectivity index (χ0v) is 19.6. The monoisotopic (exact) mass is 444 g/mol. The van der Waals surface area contributed by atoms with Crippen molar-refractivity contribution in [1.82, 2.24) is 5.32 Å². The van der Waals surface area contributed by atoms with Crippen LogP contribution < -0.4 is 19.7 Å². The summed E-state index contributed by atoms with van der Waals surface area (Å²) in [5, 5.41) is 3.09. The van der Waals surface area contributed by atoms with Crippen molar-refractivity contribution in [2.24, 2.45) is 0 Å². The van der Waals surface area contributed by atoms with Gasteiger partial charge in [-0.1, -0.05) is 36.4 Å². The van der Waals surface area contributed by atoms with Gasteiger partial charge in [-0.05, 0) is 74.2 Å². The number of hydrogen-bond acceptors (Lipinski definition) is 4. The smallest absolute Gasteiger partial charge is 0.251 e. The summed E-state index contributed by atoms with van der Waals surface area (Å²) >= 11 is 0. The molecule has 0 radical (unpaired) electrons. The van der Waals surface area contributed by atoms with E-state index in [4.69, 9.17) is 9.47 Å². The van der Waals surface area contributed by atoms with Gasteiger partial charge in [0.1, 0.15) is 0 Å². The van der Waals surface area contributed by atoms with Gasteiger partial charge in [0, 0.05) is 24.3 Å². The zero-order valence-electron chi connectivity index (χ0n) is 19.6. The van der Waals surface area contributed by atoms with Crippen molar-refractivity contribution < 1.29 is 14.3 Å².